The zero-order chi connectivity index (χ0) is 11.7. The molecule has 82 valence electrons. The summed E-state index contributed by atoms with van der Waals surface area (Å²) in [5, 5.41) is 28.3. The van der Waals surface area contributed by atoms with Crippen molar-refractivity contribution in [3.8, 4) is 11.5 Å². The molecule has 0 bridgehead atoms. The van der Waals surface area contributed by atoms with E-state index in [-0.39, 0.29) is 22.6 Å². The van der Waals surface area contributed by atoms with Crippen molar-refractivity contribution >= 4 is 5.97 Å². The summed E-state index contributed by atoms with van der Waals surface area (Å²) in [7, 11) is 0. The second-order valence-corrected chi connectivity index (χ2v) is 3.46. The molecule has 3 N–H and O–H groups in total. The molecule has 1 aromatic carbocycles. The van der Waals surface area contributed by atoms with E-state index in [2.05, 4.69) is 0 Å². The molecular weight excluding hydrogens is 196 g/mol. The maximum Gasteiger partial charge on any atom is 0.339 e. The van der Waals surface area contributed by atoms with Crippen LogP contribution in [0.3, 0.4) is 0 Å². The summed E-state index contributed by atoms with van der Waals surface area (Å²) in [6.45, 7) is 4.90. The Morgan fingerprint density at radius 3 is 2.07 bits per heavy atom. The quantitative estimate of drug-likeness (QED) is 0.697. The van der Waals surface area contributed by atoms with Gasteiger partial charge in [0.25, 0.3) is 0 Å². The molecule has 0 heterocycles. The second-order valence-electron chi connectivity index (χ2n) is 3.46. The number of rotatable bonds is 2. The van der Waals surface area contributed by atoms with E-state index >= 15 is 0 Å². The van der Waals surface area contributed by atoms with Gasteiger partial charge < -0.3 is 15.3 Å². The molecular formula is C11H14O4. The highest BCUT2D eigenvalue weighted by molar-refractivity contribution is 5.94. The number of aromatic carboxylic acids is 1. The summed E-state index contributed by atoms with van der Waals surface area (Å²) in [5.41, 5.74) is 1.09. The van der Waals surface area contributed by atoms with Crippen LogP contribution in [0.25, 0.3) is 0 Å². The maximum absolute atomic E-state index is 10.9. The van der Waals surface area contributed by atoms with Gasteiger partial charge in [0.1, 0.15) is 17.1 Å². The number of aromatic hydroxyl groups is 2. The van der Waals surface area contributed by atoms with Gasteiger partial charge in [-0.3, -0.25) is 0 Å². The molecule has 0 aliphatic heterocycles. The molecule has 0 aromatic heterocycles. The number of benzene rings is 1. The molecule has 1 aromatic rings. The smallest absolute Gasteiger partial charge is 0.339 e. The van der Waals surface area contributed by atoms with E-state index < -0.39 is 5.97 Å². The van der Waals surface area contributed by atoms with Crippen molar-refractivity contribution in [1.82, 2.24) is 0 Å². The van der Waals surface area contributed by atoms with Crippen molar-refractivity contribution < 1.29 is 20.1 Å². The minimum atomic E-state index is -1.18. The van der Waals surface area contributed by atoms with Gasteiger partial charge in [0.2, 0.25) is 0 Å². The molecule has 0 atom stereocenters. The third-order valence-corrected chi connectivity index (χ3v) is 2.63. The minimum Gasteiger partial charge on any atom is -0.507 e. The molecule has 0 saturated carbocycles. The lowest BCUT2D eigenvalue weighted by molar-refractivity contribution is 0.0692. The molecule has 4 heteroatoms. The third kappa shape index (κ3) is 1.63. The maximum atomic E-state index is 10.9. The summed E-state index contributed by atoms with van der Waals surface area (Å²) in [5.74, 6) is -1.55. The van der Waals surface area contributed by atoms with Crippen LogP contribution in [0.2, 0.25) is 0 Å². The van der Waals surface area contributed by atoms with Gasteiger partial charge in [-0.1, -0.05) is 6.92 Å². The van der Waals surface area contributed by atoms with E-state index in [0.717, 1.165) is 0 Å². The normalized spacial score (nSPS) is 10.3. The predicted octanol–water partition coefficient (Wildman–Crippen LogP) is 1.98. The molecule has 1 rings (SSSR count). The third-order valence-electron chi connectivity index (χ3n) is 2.63. The van der Waals surface area contributed by atoms with Crippen LogP contribution >= 0.6 is 0 Å². The van der Waals surface area contributed by atoms with Gasteiger partial charge in [0.05, 0.1) is 0 Å². The van der Waals surface area contributed by atoms with Crippen molar-refractivity contribution in [3.63, 3.8) is 0 Å². The first kappa shape index (κ1) is 11.4. The zero-order valence-corrected chi connectivity index (χ0v) is 8.96. The van der Waals surface area contributed by atoms with Crippen molar-refractivity contribution in [3.05, 3.63) is 22.3 Å². The van der Waals surface area contributed by atoms with Crippen LogP contribution in [0.4, 0.5) is 0 Å². The fraction of sp³-hybridized carbons (Fsp3) is 0.364. The van der Waals surface area contributed by atoms with Crippen molar-refractivity contribution in [2.45, 2.75) is 27.2 Å². The molecule has 0 saturated heterocycles. The molecule has 4 nitrogen and oxygen atoms in total. The highest BCUT2D eigenvalue weighted by Gasteiger charge is 2.21. The topological polar surface area (TPSA) is 77.8 Å². The summed E-state index contributed by atoms with van der Waals surface area (Å²) < 4.78 is 0. The number of hydrogen-bond donors (Lipinski definition) is 3. The first-order chi connectivity index (χ1) is 6.91. The first-order valence-electron chi connectivity index (χ1n) is 4.69. The molecule has 0 aliphatic rings. The lowest BCUT2D eigenvalue weighted by atomic mass is 9.95. The molecule has 15 heavy (non-hydrogen) atoms. The van der Waals surface area contributed by atoms with E-state index in [1.54, 1.807) is 6.92 Å². The number of hydrogen-bond acceptors (Lipinski definition) is 3. The average Bonchev–Trinajstić information content (AvgIpc) is 2.15. The van der Waals surface area contributed by atoms with Gasteiger partial charge in [0.15, 0.2) is 0 Å². The molecule has 0 radical (unpaired) electrons. The Labute approximate surface area is 87.8 Å². The average molecular weight is 210 g/mol. The van der Waals surface area contributed by atoms with Crippen LogP contribution in [0, 0.1) is 13.8 Å². The van der Waals surface area contributed by atoms with Crippen LogP contribution in [-0.2, 0) is 6.42 Å². The standard InChI is InChI=1S/C11H14O4/c1-4-7-5(2)8(11(14)15)10(13)6(3)9(7)12/h12-13H,4H2,1-3H3,(H,14,15). The Bertz CT molecular complexity index is 421. The number of carboxylic acid groups (broad SMARTS) is 1. The van der Waals surface area contributed by atoms with E-state index in [1.807, 2.05) is 6.92 Å². The van der Waals surface area contributed by atoms with Crippen LogP contribution < -0.4 is 0 Å². The SMILES string of the molecule is CCc1c(C)c(C(=O)O)c(O)c(C)c1O. The minimum absolute atomic E-state index is 0.0162. The molecule has 0 unspecified atom stereocenters. The van der Waals surface area contributed by atoms with Crippen LogP contribution in [0.1, 0.15) is 34.0 Å². The van der Waals surface area contributed by atoms with Crippen molar-refractivity contribution in [2.75, 3.05) is 0 Å². The van der Waals surface area contributed by atoms with Crippen molar-refractivity contribution in [2.24, 2.45) is 0 Å². The Morgan fingerprint density at radius 1 is 1.13 bits per heavy atom. The number of phenolic OH excluding ortho intramolecular Hbond substituents is 1. The number of phenols is 2. The summed E-state index contributed by atoms with van der Waals surface area (Å²) >= 11 is 0. The molecule has 0 fully saturated rings. The van der Waals surface area contributed by atoms with Gasteiger partial charge in [-0.05, 0) is 31.4 Å². The van der Waals surface area contributed by atoms with Gasteiger partial charge in [-0.15, -0.1) is 0 Å². The van der Waals surface area contributed by atoms with Crippen LogP contribution in [-0.4, -0.2) is 21.3 Å². The number of carboxylic acids is 1. The van der Waals surface area contributed by atoms with E-state index in [0.29, 0.717) is 17.5 Å². The predicted molar refractivity (Wildman–Crippen MR) is 55.6 cm³/mol. The molecule has 0 aliphatic carbocycles. The number of carbonyl (C=O) groups is 1. The van der Waals surface area contributed by atoms with E-state index in [4.69, 9.17) is 5.11 Å². The van der Waals surface area contributed by atoms with Gasteiger partial charge in [0, 0.05) is 5.56 Å². The Balaban J connectivity index is 3.68. The Kier molecular flexibility index (Phi) is 2.88. The van der Waals surface area contributed by atoms with Crippen LogP contribution in [0.5, 0.6) is 11.5 Å². The molecule has 0 spiro atoms. The fourth-order valence-corrected chi connectivity index (χ4v) is 1.73. The van der Waals surface area contributed by atoms with Gasteiger partial charge in [-0.25, -0.2) is 4.79 Å². The van der Waals surface area contributed by atoms with Gasteiger partial charge >= 0.3 is 5.97 Å². The fourth-order valence-electron chi connectivity index (χ4n) is 1.73. The Morgan fingerprint density at radius 2 is 1.67 bits per heavy atom. The van der Waals surface area contributed by atoms with Gasteiger partial charge in [-0.2, -0.15) is 0 Å². The highest BCUT2D eigenvalue weighted by Crippen LogP contribution is 2.37. The van der Waals surface area contributed by atoms with Crippen LogP contribution in [0.15, 0.2) is 0 Å². The summed E-state index contributed by atoms with van der Waals surface area (Å²) in [6.07, 6.45) is 0.527. The summed E-state index contributed by atoms with van der Waals surface area (Å²) in [4.78, 5) is 10.9. The second kappa shape index (κ2) is 3.81. The monoisotopic (exact) mass is 210 g/mol. The molecule has 0 amide bonds. The lowest BCUT2D eigenvalue weighted by Gasteiger charge is -2.14. The summed E-state index contributed by atoms with van der Waals surface area (Å²) in [6, 6.07) is 0. The van der Waals surface area contributed by atoms with Crippen molar-refractivity contribution in [1.29, 1.82) is 0 Å². The van der Waals surface area contributed by atoms with E-state index in [9.17, 15) is 15.0 Å². The largest absolute Gasteiger partial charge is 0.507 e. The highest BCUT2D eigenvalue weighted by atomic mass is 16.4. The van der Waals surface area contributed by atoms with E-state index in [1.165, 1.54) is 6.92 Å². The Hall–Kier alpha value is -1.71. The zero-order valence-electron chi connectivity index (χ0n) is 8.96. The lowest BCUT2D eigenvalue weighted by Crippen LogP contribution is -2.05. The first-order valence-corrected chi connectivity index (χ1v) is 4.69.